The van der Waals surface area contributed by atoms with Gasteiger partial charge >= 0.3 is 0 Å². The van der Waals surface area contributed by atoms with Gasteiger partial charge in [-0.2, -0.15) is 0 Å². The topological polar surface area (TPSA) is 42.0 Å². The number of rotatable bonds is 5. The average molecular weight is 278 g/mol. The van der Waals surface area contributed by atoms with Crippen LogP contribution >= 0.6 is 11.3 Å². The fourth-order valence-electron chi connectivity index (χ4n) is 1.70. The molecule has 1 aromatic carbocycles. The molecule has 0 radical (unpaired) electrons. The number of carbonyl (C=O) groups is 1. The van der Waals surface area contributed by atoms with E-state index in [0.29, 0.717) is 19.4 Å². The number of amides is 1. The smallest absolute Gasteiger partial charge is 0.220 e. The van der Waals surface area contributed by atoms with Crippen molar-refractivity contribution in [2.24, 2.45) is 0 Å². The van der Waals surface area contributed by atoms with Crippen LogP contribution in [0.2, 0.25) is 0 Å². The van der Waals surface area contributed by atoms with E-state index in [-0.39, 0.29) is 11.7 Å². The maximum atomic E-state index is 13.0. The summed E-state index contributed by atoms with van der Waals surface area (Å²) >= 11 is 1.57. The number of nitrogens with one attached hydrogen (secondary N) is 1. The van der Waals surface area contributed by atoms with Crippen LogP contribution in [-0.4, -0.2) is 10.9 Å². The van der Waals surface area contributed by atoms with Crippen molar-refractivity contribution in [3.05, 3.63) is 51.7 Å². The molecule has 0 saturated carbocycles. The van der Waals surface area contributed by atoms with E-state index >= 15 is 0 Å². The molecule has 19 heavy (non-hydrogen) atoms. The van der Waals surface area contributed by atoms with Crippen LogP contribution in [0.4, 0.5) is 4.39 Å². The van der Waals surface area contributed by atoms with Crippen molar-refractivity contribution in [3.8, 4) is 0 Å². The Labute approximate surface area is 115 Å². The first-order valence-corrected chi connectivity index (χ1v) is 6.87. The van der Waals surface area contributed by atoms with E-state index in [1.807, 2.05) is 13.0 Å². The Balaban J connectivity index is 1.75. The molecule has 0 spiro atoms. The van der Waals surface area contributed by atoms with Crippen molar-refractivity contribution >= 4 is 17.2 Å². The highest BCUT2D eigenvalue weighted by atomic mass is 32.1. The molecule has 0 aliphatic heterocycles. The minimum absolute atomic E-state index is 0.0443. The van der Waals surface area contributed by atoms with Gasteiger partial charge in [-0.1, -0.05) is 12.1 Å². The second kappa shape index (κ2) is 6.43. The molecule has 2 aromatic rings. The third-order valence-electron chi connectivity index (χ3n) is 2.64. The number of carbonyl (C=O) groups excluding carboxylic acids is 1. The quantitative estimate of drug-likeness (QED) is 0.913. The summed E-state index contributed by atoms with van der Waals surface area (Å²) in [5.41, 5.74) is 0.834. The molecular formula is C14H15FN2OS. The first-order valence-electron chi connectivity index (χ1n) is 6.06. The minimum Gasteiger partial charge on any atom is -0.350 e. The molecule has 0 saturated heterocycles. The molecule has 1 aromatic heterocycles. The zero-order valence-corrected chi connectivity index (χ0v) is 11.5. The summed E-state index contributed by atoms with van der Waals surface area (Å²) in [5, 5.41) is 3.71. The number of aromatic nitrogens is 1. The summed E-state index contributed by atoms with van der Waals surface area (Å²) in [5.74, 6) is -0.312. The molecule has 0 unspecified atom stereocenters. The maximum Gasteiger partial charge on any atom is 0.220 e. The summed E-state index contributed by atoms with van der Waals surface area (Å²) in [6.07, 6.45) is 2.69. The Hall–Kier alpha value is -1.75. The predicted octanol–water partition coefficient (Wildman–Crippen LogP) is 2.84. The van der Waals surface area contributed by atoms with E-state index in [0.717, 1.165) is 15.4 Å². The first kappa shape index (κ1) is 13.7. The lowest BCUT2D eigenvalue weighted by Crippen LogP contribution is -2.22. The van der Waals surface area contributed by atoms with Gasteiger partial charge in [0, 0.05) is 17.5 Å². The summed E-state index contributed by atoms with van der Waals surface area (Å²) in [6, 6.07) is 6.33. The number of benzene rings is 1. The molecule has 1 heterocycles. The van der Waals surface area contributed by atoms with Crippen LogP contribution in [-0.2, 0) is 17.8 Å². The van der Waals surface area contributed by atoms with Crippen LogP contribution in [0.1, 0.15) is 21.9 Å². The van der Waals surface area contributed by atoms with Gasteiger partial charge in [0.1, 0.15) is 10.8 Å². The van der Waals surface area contributed by atoms with Crippen LogP contribution in [0.5, 0.6) is 0 Å². The predicted molar refractivity (Wildman–Crippen MR) is 73.4 cm³/mol. The maximum absolute atomic E-state index is 13.0. The highest BCUT2D eigenvalue weighted by Crippen LogP contribution is 2.10. The minimum atomic E-state index is -0.267. The van der Waals surface area contributed by atoms with Gasteiger partial charge < -0.3 is 5.32 Å². The first-order chi connectivity index (χ1) is 9.13. The van der Waals surface area contributed by atoms with Crippen LogP contribution < -0.4 is 5.32 Å². The van der Waals surface area contributed by atoms with E-state index < -0.39 is 0 Å². The Morgan fingerprint density at radius 2 is 2.32 bits per heavy atom. The second-order valence-electron chi connectivity index (χ2n) is 4.27. The Bertz CT molecular complexity index is 568. The lowest BCUT2D eigenvalue weighted by atomic mass is 10.1. The van der Waals surface area contributed by atoms with E-state index in [2.05, 4.69) is 10.3 Å². The molecule has 5 heteroatoms. The van der Waals surface area contributed by atoms with E-state index in [9.17, 15) is 9.18 Å². The third-order valence-corrected chi connectivity index (χ3v) is 3.55. The van der Waals surface area contributed by atoms with E-state index in [1.165, 1.54) is 12.1 Å². The summed E-state index contributed by atoms with van der Waals surface area (Å²) in [4.78, 5) is 17.0. The van der Waals surface area contributed by atoms with Gasteiger partial charge in [-0.15, -0.1) is 11.3 Å². The SMILES string of the molecule is Cc1cnc(CNC(=O)CCc2cccc(F)c2)s1. The van der Waals surface area contributed by atoms with Gasteiger partial charge in [0.05, 0.1) is 6.54 Å². The third kappa shape index (κ3) is 4.44. The van der Waals surface area contributed by atoms with Gasteiger partial charge in [-0.3, -0.25) is 4.79 Å². The normalized spacial score (nSPS) is 10.4. The van der Waals surface area contributed by atoms with Crippen LogP contribution in [0, 0.1) is 12.7 Å². The fraction of sp³-hybridized carbons (Fsp3) is 0.286. The lowest BCUT2D eigenvalue weighted by Gasteiger charge is -2.03. The molecule has 0 aliphatic carbocycles. The zero-order chi connectivity index (χ0) is 13.7. The van der Waals surface area contributed by atoms with Gasteiger partial charge in [0.2, 0.25) is 5.91 Å². The highest BCUT2D eigenvalue weighted by molar-refractivity contribution is 7.11. The molecule has 0 fully saturated rings. The van der Waals surface area contributed by atoms with Crippen LogP contribution in [0.25, 0.3) is 0 Å². The van der Waals surface area contributed by atoms with Crippen molar-refractivity contribution in [3.63, 3.8) is 0 Å². The number of aryl methyl sites for hydroxylation is 2. The molecule has 100 valence electrons. The Morgan fingerprint density at radius 3 is 3.00 bits per heavy atom. The van der Waals surface area contributed by atoms with Crippen molar-refractivity contribution in [2.75, 3.05) is 0 Å². The molecule has 0 bridgehead atoms. The van der Waals surface area contributed by atoms with Crippen LogP contribution in [0.3, 0.4) is 0 Å². The number of nitrogens with zero attached hydrogens (tertiary/aromatic N) is 1. The highest BCUT2D eigenvalue weighted by Gasteiger charge is 2.04. The van der Waals surface area contributed by atoms with Gasteiger partial charge in [-0.25, -0.2) is 9.37 Å². The largest absolute Gasteiger partial charge is 0.350 e. The van der Waals surface area contributed by atoms with E-state index in [1.54, 1.807) is 23.6 Å². The molecule has 0 atom stereocenters. The fourth-order valence-corrected chi connectivity index (χ4v) is 2.42. The lowest BCUT2D eigenvalue weighted by molar-refractivity contribution is -0.121. The van der Waals surface area contributed by atoms with Gasteiger partial charge in [0.15, 0.2) is 0 Å². The summed E-state index contributed by atoms with van der Waals surface area (Å²) in [6.45, 7) is 2.44. The summed E-state index contributed by atoms with van der Waals surface area (Å²) < 4.78 is 13.0. The van der Waals surface area contributed by atoms with E-state index in [4.69, 9.17) is 0 Å². The molecule has 0 aliphatic rings. The van der Waals surface area contributed by atoms with Gasteiger partial charge in [-0.05, 0) is 31.0 Å². The number of thiazole rings is 1. The van der Waals surface area contributed by atoms with Crippen LogP contribution in [0.15, 0.2) is 30.5 Å². The second-order valence-corrected chi connectivity index (χ2v) is 5.59. The van der Waals surface area contributed by atoms with Crippen molar-refractivity contribution in [1.82, 2.24) is 10.3 Å². The Morgan fingerprint density at radius 1 is 1.47 bits per heavy atom. The number of hydrogen-bond acceptors (Lipinski definition) is 3. The molecule has 1 amide bonds. The summed E-state index contributed by atoms with van der Waals surface area (Å²) in [7, 11) is 0. The monoisotopic (exact) mass is 278 g/mol. The number of hydrogen-bond donors (Lipinski definition) is 1. The molecular weight excluding hydrogens is 263 g/mol. The van der Waals surface area contributed by atoms with Crippen molar-refractivity contribution in [1.29, 1.82) is 0 Å². The molecule has 2 rings (SSSR count). The van der Waals surface area contributed by atoms with Gasteiger partial charge in [0.25, 0.3) is 0 Å². The van der Waals surface area contributed by atoms with Crippen molar-refractivity contribution in [2.45, 2.75) is 26.3 Å². The van der Waals surface area contributed by atoms with Crippen molar-refractivity contribution < 1.29 is 9.18 Å². The molecule has 1 N–H and O–H groups in total. The number of halogens is 1. The average Bonchev–Trinajstić information content (AvgIpc) is 2.80. The standard InChI is InChI=1S/C14H15FN2OS/c1-10-8-17-14(19-10)9-16-13(18)6-5-11-3-2-4-12(15)7-11/h2-4,7-8H,5-6,9H2,1H3,(H,16,18). The zero-order valence-electron chi connectivity index (χ0n) is 10.6. The Kier molecular flexibility index (Phi) is 4.63. The molecule has 3 nitrogen and oxygen atoms in total.